The van der Waals surface area contributed by atoms with Crippen molar-refractivity contribution in [2.45, 2.75) is 39.4 Å². The number of carbonyl (C=O) groups is 3. The second-order valence-electron chi connectivity index (χ2n) is 8.66. The zero-order valence-corrected chi connectivity index (χ0v) is 22.8. The molecule has 0 fully saturated rings. The van der Waals surface area contributed by atoms with Gasteiger partial charge in [0.25, 0.3) is 0 Å². The molecule has 0 spiro atoms. The molecule has 0 unspecified atom stereocenters. The van der Waals surface area contributed by atoms with E-state index in [0.717, 1.165) is 5.56 Å². The van der Waals surface area contributed by atoms with Gasteiger partial charge in [0.1, 0.15) is 11.9 Å². The van der Waals surface area contributed by atoms with Crippen LogP contribution >= 0.6 is 11.6 Å². The van der Waals surface area contributed by atoms with Gasteiger partial charge in [-0.3, -0.25) is 14.4 Å². The summed E-state index contributed by atoms with van der Waals surface area (Å²) < 4.78 is 27.4. The van der Waals surface area contributed by atoms with E-state index in [1.54, 1.807) is 38.1 Å². The molecule has 10 heteroatoms. The second-order valence-corrected chi connectivity index (χ2v) is 9.10. The van der Waals surface area contributed by atoms with Crippen molar-refractivity contribution in [1.29, 1.82) is 0 Å². The predicted octanol–water partition coefficient (Wildman–Crippen LogP) is 5.60. The van der Waals surface area contributed by atoms with Gasteiger partial charge in [0.15, 0.2) is 29.1 Å². The van der Waals surface area contributed by atoms with Crippen molar-refractivity contribution in [2.24, 2.45) is 5.92 Å². The Kier molecular flexibility index (Phi) is 10.7. The highest BCUT2D eigenvalue weighted by Gasteiger charge is 2.29. The van der Waals surface area contributed by atoms with Crippen LogP contribution in [0.3, 0.4) is 0 Å². The Labute approximate surface area is 232 Å². The number of carbonyl (C=O) groups excluding carboxylic acids is 3. The van der Waals surface area contributed by atoms with Crippen LogP contribution in [0.5, 0.6) is 17.2 Å². The number of rotatable bonds is 13. The SMILES string of the molecule is COc1ccnc(C(=O)C[C@@H](C)C(=O)O[C@@H](C)[C@H](Oc2ccc(Cl)cc2)c2ccccc2)c1OCOC(C)=O. The smallest absolute Gasteiger partial charge is 0.309 e. The lowest BCUT2D eigenvalue weighted by atomic mass is 10.0. The number of nitrogens with zero attached hydrogens (tertiary/aromatic N) is 1. The van der Waals surface area contributed by atoms with Crippen LogP contribution < -0.4 is 14.2 Å². The number of Topliss-reactive ketones (excluding diaryl/α,β-unsaturated/α-hetero) is 1. The third kappa shape index (κ3) is 8.44. The molecule has 0 saturated carbocycles. The number of hydrogen-bond donors (Lipinski definition) is 0. The molecule has 2 aromatic carbocycles. The van der Waals surface area contributed by atoms with E-state index >= 15 is 0 Å². The fourth-order valence-corrected chi connectivity index (χ4v) is 3.78. The van der Waals surface area contributed by atoms with Crippen molar-refractivity contribution >= 4 is 29.3 Å². The molecule has 206 valence electrons. The van der Waals surface area contributed by atoms with Gasteiger partial charge in [-0.05, 0) is 36.8 Å². The summed E-state index contributed by atoms with van der Waals surface area (Å²) in [5, 5.41) is 0.571. The van der Waals surface area contributed by atoms with Gasteiger partial charge in [0, 0.05) is 30.6 Å². The molecule has 1 heterocycles. The van der Waals surface area contributed by atoms with Crippen LogP contribution in [0.4, 0.5) is 0 Å². The van der Waals surface area contributed by atoms with Crippen molar-refractivity contribution in [1.82, 2.24) is 4.98 Å². The maximum absolute atomic E-state index is 13.1. The van der Waals surface area contributed by atoms with Crippen molar-refractivity contribution in [3.8, 4) is 17.2 Å². The van der Waals surface area contributed by atoms with Crippen molar-refractivity contribution in [2.75, 3.05) is 13.9 Å². The molecule has 1 aromatic heterocycles. The van der Waals surface area contributed by atoms with Gasteiger partial charge >= 0.3 is 11.9 Å². The Morgan fingerprint density at radius 3 is 2.31 bits per heavy atom. The lowest BCUT2D eigenvalue weighted by Crippen LogP contribution is -2.30. The molecule has 0 amide bonds. The predicted molar refractivity (Wildman–Crippen MR) is 143 cm³/mol. The lowest BCUT2D eigenvalue weighted by Gasteiger charge is -2.26. The minimum atomic E-state index is -0.804. The lowest BCUT2D eigenvalue weighted by molar-refractivity contribution is -0.157. The first-order chi connectivity index (χ1) is 18.7. The fraction of sp³-hybridized carbons (Fsp3) is 0.310. The highest BCUT2D eigenvalue weighted by molar-refractivity contribution is 6.30. The number of ketones is 1. The third-order valence-electron chi connectivity index (χ3n) is 5.65. The number of methoxy groups -OCH3 is 1. The number of pyridine rings is 1. The van der Waals surface area contributed by atoms with Gasteiger partial charge in [0.05, 0.1) is 13.0 Å². The van der Waals surface area contributed by atoms with Crippen molar-refractivity contribution in [3.05, 3.63) is 83.1 Å². The number of hydrogen-bond acceptors (Lipinski definition) is 9. The Morgan fingerprint density at radius 2 is 1.67 bits per heavy atom. The Balaban J connectivity index is 1.71. The summed E-state index contributed by atoms with van der Waals surface area (Å²) in [5.74, 6) is -1.60. The summed E-state index contributed by atoms with van der Waals surface area (Å²) in [6, 6.07) is 17.8. The zero-order chi connectivity index (χ0) is 28.4. The Bertz CT molecular complexity index is 1270. The molecule has 0 bridgehead atoms. The molecule has 3 rings (SSSR count). The standard InChI is InChI=1S/C29H30ClNO8/c1-18(16-24(33)26-28(37-17-36-20(3)32)25(35-4)14-15-31-26)29(34)38-19(2)27(21-8-6-5-7-9-21)39-23-12-10-22(30)11-13-23/h5-15,18-19,27H,16-17H2,1-4H3/t18-,19+,27+/m1/s1. The summed E-state index contributed by atoms with van der Waals surface area (Å²) in [7, 11) is 1.40. The van der Waals surface area contributed by atoms with E-state index in [9.17, 15) is 14.4 Å². The number of benzene rings is 2. The van der Waals surface area contributed by atoms with Gasteiger partial charge in [0.2, 0.25) is 6.79 Å². The van der Waals surface area contributed by atoms with Gasteiger partial charge in [-0.1, -0.05) is 48.9 Å². The molecule has 0 aliphatic heterocycles. The molecule has 0 aliphatic rings. The Hall–Kier alpha value is -4.11. The molecule has 39 heavy (non-hydrogen) atoms. The summed E-state index contributed by atoms with van der Waals surface area (Å²) in [6.45, 7) is 4.11. The van der Waals surface area contributed by atoms with Crippen LogP contribution in [0.2, 0.25) is 5.02 Å². The zero-order valence-electron chi connectivity index (χ0n) is 22.1. The molecular weight excluding hydrogens is 526 g/mol. The largest absolute Gasteiger partial charge is 0.493 e. The van der Waals surface area contributed by atoms with E-state index in [4.69, 9.17) is 35.3 Å². The molecule has 9 nitrogen and oxygen atoms in total. The van der Waals surface area contributed by atoms with Crippen molar-refractivity contribution < 1.29 is 38.1 Å². The molecule has 0 saturated heterocycles. The first-order valence-corrected chi connectivity index (χ1v) is 12.6. The summed E-state index contributed by atoms with van der Waals surface area (Å²) in [5.41, 5.74) is 0.758. The first-order valence-electron chi connectivity index (χ1n) is 12.2. The molecule has 0 aliphatic carbocycles. The maximum Gasteiger partial charge on any atom is 0.309 e. The minimum Gasteiger partial charge on any atom is -0.493 e. The highest BCUT2D eigenvalue weighted by atomic mass is 35.5. The van der Waals surface area contributed by atoms with Crippen LogP contribution in [0, 0.1) is 5.92 Å². The molecule has 3 atom stereocenters. The van der Waals surface area contributed by atoms with Crippen LogP contribution in [-0.2, 0) is 19.1 Å². The van der Waals surface area contributed by atoms with E-state index in [0.29, 0.717) is 10.8 Å². The van der Waals surface area contributed by atoms with Gasteiger partial charge in [-0.25, -0.2) is 4.98 Å². The van der Waals surface area contributed by atoms with E-state index < -0.39 is 42.6 Å². The maximum atomic E-state index is 13.1. The van der Waals surface area contributed by atoms with Crippen LogP contribution in [0.1, 0.15) is 49.3 Å². The molecular formula is C29H30ClNO8. The van der Waals surface area contributed by atoms with Crippen molar-refractivity contribution in [3.63, 3.8) is 0 Å². The number of ether oxygens (including phenoxy) is 5. The number of aromatic nitrogens is 1. The van der Waals surface area contributed by atoms with Gasteiger partial charge in [-0.15, -0.1) is 0 Å². The second kappa shape index (κ2) is 14.2. The summed E-state index contributed by atoms with van der Waals surface area (Å²) in [6.07, 6.45) is -0.121. The number of halogens is 1. The van der Waals surface area contributed by atoms with E-state index in [1.807, 2.05) is 30.3 Å². The monoisotopic (exact) mass is 555 g/mol. The Morgan fingerprint density at radius 1 is 0.974 bits per heavy atom. The molecule has 0 N–H and O–H groups in total. The molecule has 3 aromatic rings. The van der Waals surface area contributed by atoms with E-state index in [1.165, 1.54) is 26.3 Å². The normalized spacial score (nSPS) is 12.9. The average molecular weight is 556 g/mol. The van der Waals surface area contributed by atoms with E-state index in [2.05, 4.69) is 4.98 Å². The highest BCUT2D eigenvalue weighted by Crippen LogP contribution is 2.32. The van der Waals surface area contributed by atoms with Crippen LogP contribution in [-0.4, -0.2) is 42.7 Å². The van der Waals surface area contributed by atoms with Gasteiger partial charge < -0.3 is 23.7 Å². The first kappa shape index (κ1) is 29.4. The number of esters is 2. The third-order valence-corrected chi connectivity index (χ3v) is 5.90. The van der Waals surface area contributed by atoms with Crippen LogP contribution in [0.25, 0.3) is 0 Å². The van der Waals surface area contributed by atoms with Gasteiger partial charge in [-0.2, -0.15) is 0 Å². The summed E-state index contributed by atoms with van der Waals surface area (Å²) in [4.78, 5) is 41.3. The average Bonchev–Trinajstić information content (AvgIpc) is 2.92. The molecule has 0 radical (unpaired) electrons. The van der Waals surface area contributed by atoms with E-state index in [-0.39, 0.29) is 23.6 Å². The fourth-order valence-electron chi connectivity index (χ4n) is 3.66. The quantitative estimate of drug-likeness (QED) is 0.151. The summed E-state index contributed by atoms with van der Waals surface area (Å²) >= 11 is 5.99. The van der Waals surface area contributed by atoms with Crippen LogP contribution in [0.15, 0.2) is 66.9 Å². The minimum absolute atomic E-state index is 0.0145. The topological polar surface area (TPSA) is 110 Å².